The van der Waals surface area contributed by atoms with Gasteiger partial charge in [-0.3, -0.25) is 0 Å². The normalized spacial score (nSPS) is 10.7. The molecule has 0 saturated heterocycles. The van der Waals surface area contributed by atoms with Crippen LogP contribution in [0.15, 0.2) is 53.7 Å². The molecule has 0 unspecified atom stereocenters. The molecular formula is C19H19N3O3S. The Labute approximate surface area is 155 Å². The van der Waals surface area contributed by atoms with Gasteiger partial charge in [0.2, 0.25) is 0 Å². The molecule has 0 aliphatic carbocycles. The maximum atomic E-state index is 10.8. The second-order valence-corrected chi connectivity index (χ2v) is 6.82. The minimum Gasteiger partial charge on any atom is -0.493 e. The summed E-state index contributed by atoms with van der Waals surface area (Å²) in [4.78, 5) is 10.8. The van der Waals surface area contributed by atoms with Crippen LogP contribution in [0, 0.1) is 6.92 Å². The van der Waals surface area contributed by atoms with Crippen molar-refractivity contribution < 1.29 is 14.6 Å². The highest BCUT2D eigenvalue weighted by Crippen LogP contribution is 2.23. The van der Waals surface area contributed by atoms with E-state index < -0.39 is 5.97 Å². The van der Waals surface area contributed by atoms with Crippen molar-refractivity contribution in [3.63, 3.8) is 0 Å². The number of carbonyl (C=O) groups is 1. The molecule has 3 rings (SSSR count). The maximum Gasteiger partial charge on any atom is 0.335 e. The third kappa shape index (κ3) is 4.23. The summed E-state index contributed by atoms with van der Waals surface area (Å²) in [6, 6.07) is 14.6. The number of rotatable bonds is 7. The van der Waals surface area contributed by atoms with Gasteiger partial charge < -0.3 is 14.4 Å². The fourth-order valence-corrected chi connectivity index (χ4v) is 3.11. The number of thioether (sulfide) groups is 1. The predicted molar refractivity (Wildman–Crippen MR) is 101 cm³/mol. The molecular weight excluding hydrogens is 350 g/mol. The number of aryl methyl sites for hydroxylation is 1. The van der Waals surface area contributed by atoms with Crippen molar-refractivity contribution in [3.05, 3.63) is 59.7 Å². The van der Waals surface area contributed by atoms with Gasteiger partial charge in [0.1, 0.15) is 5.75 Å². The van der Waals surface area contributed by atoms with Crippen LogP contribution >= 0.6 is 11.8 Å². The molecule has 0 radical (unpaired) electrons. The van der Waals surface area contributed by atoms with Crippen LogP contribution < -0.4 is 4.74 Å². The molecule has 0 fully saturated rings. The quantitative estimate of drug-likeness (QED) is 0.506. The fraction of sp³-hybridized carbons (Fsp3) is 0.211. The first kappa shape index (κ1) is 18.0. The van der Waals surface area contributed by atoms with Crippen LogP contribution in [0.1, 0.15) is 15.9 Å². The van der Waals surface area contributed by atoms with Gasteiger partial charge in [-0.25, -0.2) is 4.79 Å². The van der Waals surface area contributed by atoms with Crippen LogP contribution in [-0.2, 0) is 7.05 Å². The van der Waals surface area contributed by atoms with Crippen LogP contribution in [0.25, 0.3) is 11.4 Å². The van der Waals surface area contributed by atoms with Crippen molar-refractivity contribution in [2.45, 2.75) is 12.1 Å². The molecule has 2 aromatic carbocycles. The van der Waals surface area contributed by atoms with Gasteiger partial charge in [-0.1, -0.05) is 41.6 Å². The Bertz CT molecular complexity index is 889. The highest BCUT2D eigenvalue weighted by atomic mass is 32.2. The zero-order chi connectivity index (χ0) is 18.5. The highest BCUT2D eigenvalue weighted by molar-refractivity contribution is 7.99. The van der Waals surface area contributed by atoms with E-state index in [4.69, 9.17) is 9.84 Å². The van der Waals surface area contributed by atoms with Gasteiger partial charge >= 0.3 is 5.97 Å². The Morgan fingerprint density at radius 3 is 2.46 bits per heavy atom. The van der Waals surface area contributed by atoms with E-state index in [0.717, 1.165) is 16.5 Å². The lowest BCUT2D eigenvalue weighted by Crippen LogP contribution is -2.02. The average molecular weight is 369 g/mol. The van der Waals surface area contributed by atoms with Crippen LogP contribution in [0.2, 0.25) is 0 Å². The molecule has 0 atom stereocenters. The van der Waals surface area contributed by atoms with E-state index in [9.17, 15) is 4.79 Å². The van der Waals surface area contributed by atoms with Gasteiger partial charge in [0.05, 0.1) is 12.2 Å². The number of nitrogens with zero attached hydrogens (tertiary/aromatic N) is 3. The number of aromatic nitrogens is 3. The second-order valence-electron chi connectivity index (χ2n) is 5.76. The molecule has 7 heteroatoms. The molecule has 0 bridgehead atoms. The average Bonchev–Trinajstić information content (AvgIpc) is 3.00. The van der Waals surface area contributed by atoms with E-state index in [0.29, 0.717) is 18.1 Å². The second kappa shape index (κ2) is 8.05. The number of hydrogen-bond donors (Lipinski definition) is 1. The summed E-state index contributed by atoms with van der Waals surface area (Å²) >= 11 is 1.56. The number of hydrogen-bond acceptors (Lipinski definition) is 5. The van der Waals surface area contributed by atoms with E-state index in [1.54, 1.807) is 23.9 Å². The summed E-state index contributed by atoms with van der Waals surface area (Å²) < 4.78 is 7.60. The molecule has 0 saturated carbocycles. The van der Waals surface area contributed by atoms with Gasteiger partial charge in [0.25, 0.3) is 0 Å². The SMILES string of the molecule is Cc1ccc(-c2nnc(SCCOc3ccc(C(=O)O)cc3)n2C)cc1. The van der Waals surface area contributed by atoms with Crippen LogP contribution in [0.5, 0.6) is 5.75 Å². The third-order valence-electron chi connectivity index (χ3n) is 3.83. The number of ether oxygens (including phenoxy) is 1. The monoisotopic (exact) mass is 369 g/mol. The molecule has 1 N–H and O–H groups in total. The molecule has 0 aliphatic heterocycles. The lowest BCUT2D eigenvalue weighted by atomic mass is 10.1. The van der Waals surface area contributed by atoms with Crippen LogP contribution in [-0.4, -0.2) is 38.2 Å². The first-order valence-corrected chi connectivity index (χ1v) is 9.08. The molecule has 1 aromatic heterocycles. The highest BCUT2D eigenvalue weighted by Gasteiger charge is 2.11. The first-order valence-electron chi connectivity index (χ1n) is 8.10. The van der Waals surface area contributed by atoms with Crippen LogP contribution in [0.3, 0.4) is 0 Å². The Kier molecular flexibility index (Phi) is 5.58. The van der Waals surface area contributed by atoms with E-state index >= 15 is 0 Å². The molecule has 1 heterocycles. The van der Waals surface area contributed by atoms with E-state index in [-0.39, 0.29) is 5.56 Å². The minimum absolute atomic E-state index is 0.245. The lowest BCUT2D eigenvalue weighted by Gasteiger charge is -2.07. The van der Waals surface area contributed by atoms with E-state index in [1.807, 2.05) is 23.7 Å². The van der Waals surface area contributed by atoms with Crippen molar-refractivity contribution in [1.82, 2.24) is 14.8 Å². The smallest absolute Gasteiger partial charge is 0.335 e. The fourth-order valence-electron chi connectivity index (χ4n) is 2.38. The maximum absolute atomic E-state index is 10.8. The number of carboxylic acid groups (broad SMARTS) is 1. The van der Waals surface area contributed by atoms with Crippen LogP contribution in [0.4, 0.5) is 0 Å². The third-order valence-corrected chi connectivity index (χ3v) is 4.81. The summed E-state index contributed by atoms with van der Waals surface area (Å²) in [5.74, 6) is 1.24. The van der Waals surface area contributed by atoms with Crippen molar-refractivity contribution in [3.8, 4) is 17.1 Å². The summed E-state index contributed by atoms with van der Waals surface area (Å²) in [7, 11) is 1.95. The van der Waals surface area contributed by atoms with Crippen molar-refractivity contribution in [2.24, 2.45) is 7.05 Å². The van der Waals surface area contributed by atoms with Gasteiger partial charge in [0.15, 0.2) is 11.0 Å². The standard InChI is InChI=1S/C19H19N3O3S/c1-13-3-5-14(6-4-13)17-20-21-19(22(17)2)26-12-11-25-16-9-7-15(8-10-16)18(23)24/h3-10H,11-12H2,1-2H3,(H,23,24). The first-order chi connectivity index (χ1) is 12.5. The topological polar surface area (TPSA) is 77.2 Å². The Morgan fingerprint density at radius 1 is 1.12 bits per heavy atom. The molecule has 26 heavy (non-hydrogen) atoms. The lowest BCUT2D eigenvalue weighted by molar-refractivity contribution is 0.0697. The van der Waals surface area contributed by atoms with Gasteiger partial charge in [0, 0.05) is 18.4 Å². The minimum atomic E-state index is -0.946. The number of aromatic carboxylic acids is 1. The summed E-state index contributed by atoms with van der Waals surface area (Å²) in [5.41, 5.74) is 2.49. The van der Waals surface area contributed by atoms with Gasteiger partial charge in [-0.15, -0.1) is 10.2 Å². The molecule has 0 amide bonds. The molecule has 0 aliphatic rings. The number of benzene rings is 2. The Balaban J connectivity index is 1.54. The van der Waals surface area contributed by atoms with E-state index in [2.05, 4.69) is 29.3 Å². The largest absolute Gasteiger partial charge is 0.493 e. The predicted octanol–water partition coefficient (Wildman–Crippen LogP) is 3.66. The van der Waals surface area contributed by atoms with Gasteiger partial charge in [-0.05, 0) is 31.2 Å². The summed E-state index contributed by atoms with van der Waals surface area (Å²) in [6.45, 7) is 2.54. The zero-order valence-corrected chi connectivity index (χ0v) is 15.4. The number of carboxylic acids is 1. The van der Waals surface area contributed by atoms with Crippen molar-refractivity contribution in [2.75, 3.05) is 12.4 Å². The Morgan fingerprint density at radius 2 is 1.81 bits per heavy atom. The molecule has 0 spiro atoms. The van der Waals surface area contributed by atoms with Crippen molar-refractivity contribution >= 4 is 17.7 Å². The molecule has 134 valence electrons. The summed E-state index contributed by atoms with van der Waals surface area (Å²) in [5, 5.41) is 18.2. The van der Waals surface area contributed by atoms with Gasteiger partial charge in [-0.2, -0.15) is 0 Å². The van der Waals surface area contributed by atoms with Crippen molar-refractivity contribution in [1.29, 1.82) is 0 Å². The zero-order valence-electron chi connectivity index (χ0n) is 14.5. The molecule has 3 aromatic rings. The van der Waals surface area contributed by atoms with E-state index in [1.165, 1.54) is 17.7 Å². The summed E-state index contributed by atoms with van der Waals surface area (Å²) in [6.07, 6.45) is 0. The molecule has 6 nitrogen and oxygen atoms in total. The Hall–Kier alpha value is -2.80.